The Morgan fingerprint density at radius 3 is 2.56 bits per heavy atom. The maximum Gasteiger partial charge on any atom is 0.230 e. The van der Waals surface area contributed by atoms with E-state index in [-0.39, 0.29) is 5.92 Å². The van der Waals surface area contributed by atoms with Gasteiger partial charge in [-0.1, -0.05) is 25.1 Å². The summed E-state index contributed by atoms with van der Waals surface area (Å²) in [5.74, 6) is 1.13. The average molecular weight is 217 g/mol. The van der Waals surface area contributed by atoms with E-state index in [0.717, 1.165) is 18.7 Å². The molecule has 1 amide bonds. The van der Waals surface area contributed by atoms with E-state index in [2.05, 4.69) is 19.9 Å². The van der Waals surface area contributed by atoms with E-state index >= 15 is 0 Å². The van der Waals surface area contributed by atoms with Crippen LogP contribution in [0.1, 0.15) is 25.8 Å². The highest BCUT2D eigenvalue weighted by molar-refractivity contribution is 5.97. The zero-order chi connectivity index (χ0) is 11.7. The van der Waals surface area contributed by atoms with Crippen LogP contribution in [-0.4, -0.2) is 12.5 Å². The lowest BCUT2D eigenvalue weighted by atomic mass is 10.1. The van der Waals surface area contributed by atoms with Crippen molar-refractivity contribution in [2.45, 2.75) is 27.2 Å². The lowest BCUT2D eigenvalue weighted by Crippen LogP contribution is -2.32. The van der Waals surface area contributed by atoms with E-state index < -0.39 is 0 Å². The fraction of sp³-hybridized carbons (Fsp3) is 0.500. The first-order chi connectivity index (χ1) is 7.65. The first kappa shape index (κ1) is 11.2. The van der Waals surface area contributed by atoms with Gasteiger partial charge in [0.15, 0.2) is 0 Å². The minimum atomic E-state index is 0.263. The van der Waals surface area contributed by atoms with Gasteiger partial charge in [0.2, 0.25) is 5.91 Å². The van der Waals surface area contributed by atoms with Crippen molar-refractivity contribution in [2.24, 2.45) is 11.8 Å². The molecule has 0 aromatic heterocycles. The first-order valence-electron chi connectivity index (χ1n) is 6.02. The van der Waals surface area contributed by atoms with Crippen molar-refractivity contribution in [3.63, 3.8) is 0 Å². The molecule has 1 aromatic carbocycles. The number of rotatable bonds is 3. The lowest BCUT2D eigenvalue weighted by molar-refractivity contribution is -0.120. The monoisotopic (exact) mass is 217 g/mol. The molecule has 2 atom stereocenters. The molecule has 1 aliphatic carbocycles. The number of carbonyl (C=O) groups excluding carboxylic acids is 1. The number of nitrogens with zero attached hydrogens (tertiary/aromatic N) is 1. The Kier molecular flexibility index (Phi) is 2.99. The Hall–Kier alpha value is -1.31. The molecule has 0 saturated heterocycles. The second-order valence-electron chi connectivity index (χ2n) is 4.69. The quantitative estimate of drug-likeness (QED) is 0.762. The summed E-state index contributed by atoms with van der Waals surface area (Å²) in [6.45, 7) is 7.00. The second kappa shape index (κ2) is 4.28. The van der Waals surface area contributed by atoms with Crippen molar-refractivity contribution in [3.8, 4) is 0 Å². The molecular weight excluding hydrogens is 198 g/mol. The molecule has 2 nitrogen and oxygen atoms in total. The number of para-hydroxylation sites is 1. The normalized spacial score (nSPS) is 22.9. The molecule has 1 fully saturated rings. The molecule has 0 radical (unpaired) electrons. The zero-order valence-corrected chi connectivity index (χ0v) is 10.2. The second-order valence-corrected chi connectivity index (χ2v) is 4.69. The Bertz CT molecular complexity index is 399. The number of aryl methyl sites for hydroxylation is 1. The van der Waals surface area contributed by atoms with Crippen molar-refractivity contribution in [3.05, 3.63) is 29.8 Å². The van der Waals surface area contributed by atoms with Crippen LogP contribution in [0.2, 0.25) is 0 Å². The van der Waals surface area contributed by atoms with Crippen molar-refractivity contribution in [2.75, 3.05) is 11.4 Å². The standard InChI is InChI=1S/C14H19NO/c1-4-15(14(16)12-9-11(12)3)13-8-6-5-7-10(13)2/h5-8,11-12H,4,9H2,1-3H3. The molecule has 86 valence electrons. The number of hydrogen-bond donors (Lipinski definition) is 0. The smallest absolute Gasteiger partial charge is 0.230 e. The summed E-state index contributed by atoms with van der Waals surface area (Å²) in [4.78, 5) is 14.1. The summed E-state index contributed by atoms with van der Waals surface area (Å²) in [7, 11) is 0. The highest BCUT2D eigenvalue weighted by atomic mass is 16.2. The summed E-state index contributed by atoms with van der Waals surface area (Å²) < 4.78 is 0. The van der Waals surface area contributed by atoms with Gasteiger partial charge in [-0.15, -0.1) is 0 Å². The van der Waals surface area contributed by atoms with Gasteiger partial charge < -0.3 is 4.90 Å². The van der Waals surface area contributed by atoms with Crippen LogP contribution < -0.4 is 4.90 Å². The van der Waals surface area contributed by atoms with E-state index in [1.54, 1.807) is 0 Å². The number of amides is 1. The van der Waals surface area contributed by atoms with Crippen molar-refractivity contribution in [1.82, 2.24) is 0 Å². The molecule has 1 aliphatic rings. The molecule has 2 heteroatoms. The number of hydrogen-bond acceptors (Lipinski definition) is 1. The topological polar surface area (TPSA) is 20.3 Å². The number of benzene rings is 1. The Morgan fingerprint density at radius 1 is 1.44 bits per heavy atom. The molecule has 16 heavy (non-hydrogen) atoms. The van der Waals surface area contributed by atoms with Gasteiger partial charge in [0.25, 0.3) is 0 Å². The average Bonchev–Trinajstić information content (AvgIpc) is 2.99. The van der Waals surface area contributed by atoms with Crippen molar-refractivity contribution in [1.29, 1.82) is 0 Å². The molecule has 0 aliphatic heterocycles. The molecule has 1 aromatic rings. The van der Waals surface area contributed by atoms with Crippen LogP contribution in [0.5, 0.6) is 0 Å². The predicted octanol–water partition coefficient (Wildman–Crippen LogP) is 3.00. The van der Waals surface area contributed by atoms with E-state index in [1.165, 1.54) is 5.56 Å². The van der Waals surface area contributed by atoms with Crippen LogP contribution in [0.15, 0.2) is 24.3 Å². The zero-order valence-electron chi connectivity index (χ0n) is 10.2. The summed E-state index contributed by atoms with van der Waals surface area (Å²) in [5, 5.41) is 0. The summed E-state index contributed by atoms with van der Waals surface area (Å²) in [6.07, 6.45) is 1.06. The van der Waals surface area contributed by atoms with Gasteiger partial charge in [-0.25, -0.2) is 0 Å². The molecular formula is C14H19NO. The highest BCUT2D eigenvalue weighted by Crippen LogP contribution is 2.40. The third-order valence-corrected chi connectivity index (χ3v) is 3.42. The van der Waals surface area contributed by atoms with Crippen molar-refractivity contribution >= 4 is 11.6 Å². The maximum absolute atomic E-state index is 12.2. The van der Waals surface area contributed by atoms with E-state index in [4.69, 9.17) is 0 Å². The molecule has 0 N–H and O–H groups in total. The summed E-state index contributed by atoms with van der Waals surface area (Å²) >= 11 is 0. The fourth-order valence-corrected chi connectivity index (χ4v) is 2.18. The highest BCUT2D eigenvalue weighted by Gasteiger charge is 2.41. The molecule has 0 bridgehead atoms. The molecule has 2 unspecified atom stereocenters. The fourth-order valence-electron chi connectivity index (χ4n) is 2.18. The summed E-state index contributed by atoms with van der Waals surface area (Å²) in [5.41, 5.74) is 2.24. The Labute approximate surface area is 97.3 Å². The Balaban J connectivity index is 2.22. The molecule has 2 rings (SSSR count). The van der Waals surface area contributed by atoms with Gasteiger partial charge in [-0.3, -0.25) is 4.79 Å². The first-order valence-corrected chi connectivity index (χ1v) is 6.02. The van der Waals surface area contributed by atoms with Gasteiger partial charge in [0, 0.05) is 18.2 Å². The van der Waals surface area contributed by atoms with Gasteiger partial charge >= 0.3 is 0 Å². The van der Waals surface area contributed by atoms with Gasteiger partial charge in [0.05, 0.1) is 0 Å². The minimum absolute atomic E-state index is 0.263. The van der Waals surface area contributed by atoms with Crippen LogP contribution in [0.4, 0.5) is 5.69 Å². The van der Waals surface area contributed by atoms with Gasteiger partial charge in [0.1, 0.15) is 0 Å². The molecule has 0 heterocycles. The number of anilines is 1. The SMILES string of the molecule is CCN(C(=O)C1CC1C)c1ccccc1C. The van der Waals surface area contributed by atoms with E-state index in [9.17, 15) is 4.79 Å². The third kappa shape index (κ3) is 1.97. The third-order valence-electron chi connectivity index (χ3n) is 3.42. The maximum atomic E-state index is 12.2. The summed E-state index contributed by atoms with van der Waals surface area (Å²) in [6, 6.07) is 8.09. The molecule has 0 spiro atoms. The van der Waals surface area contributed by atoms with Crippen LogP contribution in [0, 0.1) is 18.8 Å². The molecule has 1 saturated carbocycles. The largest absolute Gasteiger partial charge is 0.312 e. The van der Waals surface area contributed by atoms with E-state index in [0.29, 0.717) is 11.8 Å². The van der Waals surface area contributed by atoms with Crippen LogP contribution in [0.3, 0.4) is 0 Å². The Morgan fingerprint density at radius 2 is 2.06 bits per heavy atom. The van der Waals surface area contributed by atoms with Crippen molar-refractivity contribution < 1.29 is 4.79 Å². The predicted molar refractivity (Wildman–Crippen MR) is 66.5 cm³/mol. The van der Waals surface area contributed by atoms with Crippen LogP contribution in [-0.2, 0) is 4.79 Å². The van der Waals surface area contributed by atoms with Crippen LogP contribution >= 0.6 is 0 Å². The number of carbonyl (C=O) groups is 1. The van der Waals surface area contributed by atoms with E-state index in [1.807, 2.05) is 30.0 Å². The van der Waals surface area contributed by atoms with Crippen LogP contribution in [0.25, 0.3) is 0 Å². The van der Waals surface area contributed by atoms with Gasteiger partial charge in [-0.05, 0) is 37.8 Å². The van der Waals surface area contributed by atoms with Gasteiger partial charge in [-0.2, -0.15) is 0 Å². The lowest BCUT2D eigenvalue weighted by Gasteiger charge is -2.23. The minimum Gasteiger partial charge on any atom is -0.312 e.